The van der Waals surface area contributed by atoms with Crippen LogP contribution in [-0.2, 0) is 9.53 Å². The van der Waals surface area contributed by atoms with E-state index in [0.29, 0.717) is 24.5 Å². The van der Waals surface area contributed by atoms with E-state index in [0.717, 1.165) is 29.7 Å². The Kier molecular flexibility index (Phi) is 5.96. The second-order valence-corrected chi connectivity index (χ2v) is 7.01. The highest BCUT2D eigenvalue weighted by atomic mass is 16.5. The molecule has 2 aromatic rings. The van der Waals surface area contributed by atoms with Gasteiger partial charge in [0, 0.05) is 18.8 Å². The van der Waals surface area contributed by atoms with E-state index >= 15 is 0 Å². The highest BCUT2D eigenvalue weighted by molar-refractivity contribution is 6.00. The SMILES string of the molecule is Cc1cccc(NC(=O)CN(CC2CCCO2)C(=O)c2ccoc2C)c1C. The molecule has 1 aromatic heterocycles. The van der Waals surface area contributed by atoms with Gasteiger partial charge in [-0.05, 0) is 56.9 Å². The molecule has 2 amide bonds. The van der Waals surface area contributed by atoms with Crippen molar-refractivity contribution in [3.8, 4) is 0 Å². The molecule has 27 heavy (non-hydrogen) atoms. The number of ether oxygens (including phenoxy) is 1. The Balaban J connectivity index is 1.73. The van der Waals surface area contributed by atoms with Crippen LogP contribution in [0.3, 0.4) is 0 Å². The van der Waals surface area contributed by atoms with Crippen molar-refractivity contribution < 1.29 is 18.7 Å². The van der Waals surface area contributed by atoms with Crippen LogP contribution in [0.5, 0.6) is 0 Å². The van der Waals surface area contributed by atoms with Crippen molar-refractivity contribution in [3.63, 3.8) is 0 Å². The molecule has 0 bridgehead atoms. The summed E-state index contributed by atoms with van der Waals surface area (Å²) < 4.78 is 10.9. The molecule has 1 fully saturated rings. The van der Waals surface area contributed by atoms with Crippen molar-refractivity contribution in [2.45, 2.75) is 39.7 Å². The van der Waals surface area contributed by atoms with Crippen molar-refractivity contribution in [3.05, 3.63) is 53.0 Å². The molecule has 1 N–H and O–H groups in total. The topological polar surface area (TPSA) is 71.8 Å². The van der Waals surface area contributed by atoms with Crippen LogP contribution < -0.4 is 5.32 Å². The largest absolute Gasteiger partial charge is 0.469 e. The van der Waals surface area contributed by atoms with E-state index in [1.165, 1.54) is 6.26 Å². The quantitative estimate of drug-likeness (QED) is 0.845. The maximum atomic E-state index is 13.0. The Morgan fingerprint density at radius 3 is 2.70 bits per heavy atom. The fourth-order valence-electron chi connectivity index (χ4n) is 3.28. The lowest BCUT2D eigenvalue weighted by Gasteiger charge is -2.25. The summed E-state index contributed by atoms with van der Waals surface area (Å²) in [5, 5.41) is 2.92. The zero-order valence-corrected chi connectivity index (χ0v) is 16.1. The minimum absolute atomic E-state index is 0.0311. The summed E-state index contributed by atoms with van der Waals surface area (Å²) in [5.74, 6) is 0.108. The van der Waals surface area contributed by atoms with Gasteiger partial charge in [-0.25, -0.2) is 0 Å². The lowest BCUT2D eigenvalue weighted by Crippen LogP contribution is -2.42. The number of nitrogens with zero attached hydrogens (tertiary/aromatic N) is 1. The van der Waals surface area contributed by atoms with Crippen LogP contribution in [-0.4, -0.2) is 42.5 Å². The number of furan rings is 1. The van der Waals surface area contributed by atoms with Gasteiger partial charge in [-0.2, -0.15) is 0 Å². The first-order valence-corrected chi connectivity index (χ1v) is 9.26. The third-order valence-corrected chi connectivity index (χ3v) is 5.04. The molecule has 1 aromatic carbocycles. The maximum Gasteiger partial charge on any atom is 0.257 e. The third kappa shape index (κ3) is 4.57. The van der Waals surface area contributed by atoms with Crippen molar-refractivity contribution in [1.82, 2.24) is 4.90 Å². The standard InChI is InChI=1S/C21H26N2O4/c1-14-6-4-8-19(15(14)2)22-20(24)13-23(12-17-7-5-10-27-17)21(25)18-9-11-26-16(18)3/h4,6,8-9,11,17H,5,7,10,12-13H2,1-3H3,(H,22,24). The molecule has 1 aliphatic rings. The molecule has 0 aliphatic carbocycles. The molecule has 6 nitrogen and oxygen atoms in total. The molecule has 0 saturated carbocycles. The van der Waals surface area contributed by atoms with Crippen LogP contribution in [0.1, 0.15) is 40.1 Å². The zero-order chi connectivity index (χ0) is 19.4. The maximum absolute atomic E-state index is 13.0. The molecule has 6 heteroatoms. The predicted molar refractivity (Wildman–Crippen MR) is 103 cm³/mol. The van der Waals surface area contributed by atoms with E-state index in [4.69, 9.17) is 9.15 Å². The lowest BCUT2D eigenvalue weighted by atomic mass is 10.1. The Morgan fingerprint density at radius 2 is 2.04 bits per heavy atom. The smallest absolute Gasteiger partial charge is 0.257 e. The van der Waals surface area contributed by atoms with E-state index in [9.17, 15) is 9.59 Å². The van der Waals surface area contributed by atoms with Gasteiger partial charge in [0.15, 0.2) is 0 Å². The molecule has 1 unspecified atom stereocenters. The Labute approximate surface area is 159 Å². The van der Waals surface area contributed by atoms with Crippen LogP contribution in [0.25, 0.3) is 0 Å². The molecule has 2 heterocycles. The van der Waals surface area contributed by atoms with Gasteiger partial charge in [-0.1, -0.05) is 12.1 Å². The molecular formula is C21H26N2O4. The Hall–Kier alpha value is -2.60. The van der Waals surface area contributed by atoms with Gasteiger partial charge in [-0.15, -0.1) is 0 Å². The number of carbonyl (C=O) groups excluding carboxylic acids is 2. The highest BCUT2D eigenvalue weighted by Crippen LogP contribution is 2.20. The minimum atomic E-state index is -0.226. The number of rotatable bonds is 6. The van der Waals surface area contributed by atoms with E-state index < -0.39 is 0 Å². The number of anilines is 1. The van der Waals surface area contributed by atoms with Gasteiger partial charge in [0.1, 0.15) is 12.3 Å². The van der Waals surface area contributed by atoms with Crippen LogP contribution in [0.2, 0.25) is 0 Å². The zero-order valence-electron chi connectivity index (χ0n) is 16.1. The van der Waals surface area contributed by atoms with Gasteiger partial charge in [-0.3, -0.25) is 9.59 Å². The van der Waals surface area contributed by atoms with Crippen LogP contribution in [0, 0.1) is 20.8 Å². The van der Waals surface area contributed by atoms with E-state index in [2.05, 4.69) is 5.32 Å². The first-order valence-electron chi connectivity index (χ1n) is 9.26. The molecule has 1 aliphatic heterocycles. The molecule has 1 atom stereocenters. The summed E-state index contributed by atoms with van der Waals surface area (Å²) >= 11 is 0. The highest BCUT2D eigenvalue weighted by Gasteiger charge is 2.27. The second kappa shape index (κ2) is 8.39. The Bertz CT molecular complexity index is 821. The molecule has 3 rings (SSSR count). The number of carbonyl (C=O) groups is 2. The summed E-state index contributed by atoms with van der Waals surface area (Å²) in [6, 6.07) is 7.41. The monoisotopic (exact) mass is 370 g/mol. The van der Waals surface area contributed by atoms with Crippen LogP contribution >= 0.6 is 0 Å². The summed E-state index contributed by atoms with van der Waals surface area (Å²) in [4.78, 5) is 27.2. The average molecular weight is 370 g/mol. The average Bonchev–Trinajstić information content (AvgIpc) is 3.29. The molecule has 144 valence electrons. The molecular weight excluding hydrogens is 344 g/mol. The first kappa shape index (κ1) is 19.2. The van der Waals surface area contributed by atoms with E-state index in [1.54, 1.807) is 17.9 Å². The lowest BCUT2D eigenvalue weighted by molar-refractivity contribution is -0.117. The van der Waals surface area contributed by atoms with Crippen molar-refractivity contribution >= 4 is 17.5 Å². The molecule has 1 saturated heterocycles. The number of hydrogen-bond acceptors (Lipinski definition) is 4. The Morgan fingerprint density at radius 1 is 1.22 bits per heavy atom. The third-order valence-electron chi connectivity index (χ3n) is 5.04. The fourth-order valence-corrected chi connectivity index (χ4v) is 3.28. The minimum Gasteiger partial charge on any atom is -0.469 e. The second-order valence-electron chi connectivity index (χ2n) is 7.01. The van der Waals surface area contributed by atoms with Crippen LogP contribution in [0.15, 0.2) is 34.9 Å². The molecule has 0 radical (unpaired) electrons. The number of benzene rings is 1. The normalized spacial score (nSPS) is 16.3. The number of nitrogens with one attached hydrogen (secondary N) is 1. The summed E-state index contributed by atoms with van der Waals surface area (Å²) in [6.07, 6.45) is 3.33. The van der Waals surface area contributed by atoms with Crippen LogP contribution in [0.4, 0.5) is 5.69 Å². The van der Waals surface area contributed by atoms with Gasteiger partial charge in [0.25, 0.3) is 5.91 Å². The van der Waals surface area contributed by atoms with Gasteiger partial charge < -0.3 is 19.4 Å². The number of aryl methyl sites for hydroxylation is 2. The number of hydrogen-bond donors (Lipinski definition) is 1. The van der Waals surface area contributed by atoms with Crippen molar-refractivity contribution in [2.75, 3.05) is 25.0 Å². The summed E-state index contributed by atoms with van der Waals surface area (Å²) in [5.41, 5.74) is 3.37. The molecule has 0 spiro atoms. The number of amides is 2. The van der Waals surface area contributed by atoms with E-state index in [-0.39, 0.29) is 24.5 Å². The van der Waals surface area contributed by atoms with Gasteiger partial charge in [0.05, 0.1) is 17.9 Å². The van der Waals surface area contributed by atoms with Crippen molar-refractivity contribution in [2.24, 2.45) is 0 Å². The predicted octanol–water partition coefficient (Wildman–Crippen LogP) is 3.46. The van der Waals surface area contributed by atoms with Gasteiger partial charge >= 0.3 is 0 Å². The summed E-state index contributed by atoms with van der Waals surface area (Å²) in [6.45, 7) is 6.77. The van der Waals surface area contributed by atoms with Crippen molar-refractivity contribution in [1.29, 1.82) is 0 Å². The first-order chi connectivity index (χ1) is 13.0. The van der Waals surface area contributed by atoms with E-state index in [1.807, 2.05) is 32.0 Å². The fraction of sp³-hybridized carbons (Fsp3) is 0.429. The summed E-state index contributed by atoms with van der Waals surface area (Å²) in [7, 11) is 0. The van der Waals surface area contributed by atoms with Gasteiger partial charge in [0.2, 0.25) is 5.91 Å².